The molecule has 0 saturated heterocycles. The van der Waals surface area contributed by atoms with Crippen LogP contribution in [0.3, 0.4) is 0 Å². The van der Waals surface area contributed by atoms with Gasteiger partial charge in [-0.25, -0.2) is 0 Å². The van der Waals surface area contributed by atoms with Crippen molar-refractivity contribution in [2.75, 3.05) is 45.7 Å². The van der Waals surface area contributed by atoms with Crippen LogP contribution in [0.25, 0.3) is 0 Å². The van der Waals surface area contributed by atoms with Crippen molar-refractivity contribution < 1.29 is 9.59 Å². The predicted octanol–water partition coefficient (Wildman–Crippen LogP) is 0.596. The summed E-state index contributed by atoms with van der Waals surface area (Å²) in [4.78, 5) is 29.0. The fourth-order valence-electron chi connectivity index (χ4n) is 2.34. The molecule has 0 saturated carbocycles. The lowest BCUT2D eigenvalue weighted by molar-refractivity contribution is -0.130. The molecule has 0 unspecified atom stereocenters. The molecule has 1 aliphatic heterocycles. The van der Waals surface area contributed by atoms with Crippen molar-refractivity contribution >= 4 is 17.5 Å². The van der Waals surface area contributed by atoms with Gasteiger partial charge in [-0.15, -0.1) is 0 Å². The first-order valence-electron chi connectivity index (χ1n) is 6.76. The summed E-state index contributed by atoms with van der Waals surface area (Å²) >= 11 is 0. The van der Waals surface area contributed by atoms with E-state index < -0.39 is 0 Å². The number of rotatable bonds is 4. The zero-order chi connectivity index (χ0) is 14.7. The van der Waals surface area contributed by atoms with Gasteiger partial charge in [-0.2, -0.15) is 0 Å². The Balaban J connectivity index is 1.95. The minimum absolute atomic E-state index is 0.00196. The summed E-state index contributed by atoms with van der Waals surface area (Å²) in [5.74, 6) is 0.0473. The van der Waals surface area contributed by atoms with Crippen LogP contribution in [0, 0.1) is 0 Å². The minimum Gasteiger partial charge on any atom is -0.348 e. The highest BCUT2D eigenvalue weighted by Gasteiger charge is 2.25. The molecule has 20 heavy (non-hydrogen) atoms. The van der Waals surface area contributed by atoms with E-state index in [0.717, 1.165) is 18.7 Å². The van der Waals surface area contributed by atoms with Gasteiger partial charge in [0.05, 0.1) is 13.1 Å². The highest BCUT2D eigenvalue weighted by Crippen LogP contribution is 2.27. The second-order valence-corrected chi connectivity index (χ2v) is 5.38. The number of para-hydroxylation sites is 1. The Morgan fingerprint density at radius 1 is 1.15 bits per heavy atom. The number of nitrogens with zero attached hydrogens (tertiary/aromatic N) is 3. The Morgan fingerprint density at radius 3 is 2.55 bits per heavy atom. The van der Waals surface area contributed by atoms with Crippen molar-refractivity contribution in [1.82, 2.24) is 9.80 Å². The standard InChI is InChI=1S/C15H21N3O2/c1-16(2)14(19)10-17(3)11-15(20)18-9-8-12-6-4-5-7-13(12)18/h4-7H,8-11H2,1-3H3. The van der Waals surface area contributed by atoms with E-state index in [2.05, 4.69) is 6.07 Å². The summed E-state index contributed by atoms with van der Waals surface area (Å²) in [6, 6.07) is 7.98. The van der Waals surface area contributed by atoms with Crippen molar-refractivity contribution in [3.8, 4) is 0 Å². The summed E-state index contributed by atoms with van der Waals surface area (Å²) in [6.07, 6.45) is 0.905. The van der Waals surface area contributed by atoms with Crippen LogP contribution in [0.1, 0.15) is 5.56 Å². The molecule has 0 aliphatic carbocycles. The van der Waals surface area contributed by atoms with Gasteiger partial charge in [0.15, 0.2) is 0 Å². The van der Waals surface area contributed by atoms with E-state index in [4.69, 9.17) is 0 Å². The molecule has 2 rings (SSSR count). The monoisotopic (exact) mass is 275 g/mol. The van der Waals surface area contributed by atoms with Crippen LogP contribution in [0.2, 0.25) is 0 Å². The maximum Gasteiger partial charge on any atom is 0.241 e. The van der Waals surface area contributed by atoms with Crippen molar-refractivity contribution in [2.45, 2.75) is 6.42 Å². The van der Waals surface area contributed by atoms with E-state index in [1.54, 1.807) is 26.0 Å². The number of fused-ring (bicyclic) bond motifs is 1. The quantitative estimate of drug-likeness (QED) is 0.808. The van der Waals surface area contributed by atoms with Gasteiger partial charge in [-0.1, -0.05) is 18.2 Å². The Morgan fingerprint density at radius 2 is 1.85 bits per heavy atom. The molecule has 1 aliphatic rings. The molecule has 1 aromatic rings. The SMILES string of the molecule is CN(CC(=O)N(C)C)CC(=O)N1CCc2ccccc21. The second kappa shape index (κ2) is 6.05. The number of benzene rings is 1. The predicted molar refractivity (Wildman–Crippen MR) is 78.7 cm³/mol. The number of carbonyl (C=O) groups excluding carboxylic acids is 2. The third-order valence-corrected chi connectivity index (χ3v) is 3.50. The number of anilines is 1. The first-order valence-corrected chi connectivity index (χ1v) is 6.76. The third kappa shape index (κ3) is 3.17. The lowest BCUT2D eigenvalue weighted by atomic mass is 10.2. The molecule has 0 bridgehead atoms. The smallest absolute Gasteiger partial charge is 0.241 e. The molecule has 1 aromatic carbocycles. The lowest BCUT2D eigenvalue weighted by Gasteiger charge is -2.22. The van der Waals surface area contributed by atoms with Crippen LogP contribution in [-0.2, 0) is 16.0 Å². The van der Waals surface area contributed by atoms with Gasteiger partial charge in [0.1, 0.15) is 0 Å². The molecule has 5 heteroatoms. The Kier molecular flexibility index (Phi) is 4.39. The number of carbonyl (C=O) groups is 2. The average molecular weight is 275 g/mol. The summed E-state index contributed by atoms with van der Waals surface area (Å²) in [7, 11) is 5.23. The molecule has 0 N–H and O–H groups in total. The van der Waals surface area contributed by atoms with Gasteiger partial charge in [-0.3, -0.25) is 14.5 Å². The van der Waals surface area contributed by atoms with Crippen LogP contribution in [0.4, 0.5) is 5.69 Å². The molecule has 0 atom stereocenters. The van der Waals surface area contributed by atoms with Crippen molar-refractivity contribution in [2.24, 2.45) is 0 Å². The summed E-state index contributed by atoms with van der Waals surface area (Å²) < 4.78 is 0. The topological polar surface area (TPSA) is 43.9 Å². The zero-order valence-electron chi connectivity index (χ0n) is 12.3. The number of likely N-dealkylation sites (N-methyl/N-ethyl adjacent to an activating group) is 2. The van der Waals surface area contributed by atoms with Crippen molar-refractivity contribution in [3.63, 3.8) is 0 Å². The van der Waals surface area contributed by atoms with Crippen molar-refractivity contribution in [1.29, 1.82) is 0 Å². The van der Waals surface area contributed by atoms with Crippen molar-refractivity contribution in [3.05, 3.63) is 29.8 Å². The molecule has 2 amide bonds. The van der Waals surface area contributed by atoms with Crippen LogP contribution in [0.5, 0.6) is 0 Å². The van der Waals surface area contributed by atoms with E-state index >= 15 is 0 Å². The lowest BCUT2D eigenvalue weighted by Crippen LogP contribution is -2.42. The van der Waals surface area contributed by atoms with Gasteiger partial charge in [0.2, 0.25) is 11.8 Å². The Labute approximate surface area is 119 Å². The van der Waals surface area contributed by atoms with Crippen LogP contribution >= 0.6 is 0 Å². The van der Waals surface area contributed by atoms with E-state index in [1.807, 2.05) is 23.1 Å². The normalized spacial score (nSPS) is 13.5. The minimum atomic E-state index is 0.00196. The Bertz CT molecular complexity index is 514. The summed E-state index contributed by atoms with van der Waals surface area (Å²) in [6.45, 7) is 1.25. The van der Waals surface area contributed by atoms with Gasteiger partial charge >= 0.3 is 0 Å². The summed E-state index contributed by atoms with van der Waals surface area (Å²) in [5, 5.41) is 0. The van der Waals surface area contributed by atoms with Crippen LogP contribution in [0.15, 0.2) is 24.3 Å². The number of hydrogen-bond acceptors (Lipinski definition) is 3. The van der Waals surface area contributed by atoms with Gasteiger partial charge in [0, 0.05) is 26.3 Å². The molecule has 5 nitrogen and oxygen atoms in total. The van der Waals surface area contributed by atoms with Crippen LogP contribution < -0.4 is 4.90 Å². The first kappa shape index (κ1) is 14.5. The average Bonchev–Trinajstić information content (AvgIpc) is 2.82. The van der Waals surface area contributed by atoms with E-state index in [0.29, 0.717) is 0 Å². The summed E-state index contributed by atoms with van der Waals surface area (Å²) in [5.41, 5.74) is 2.22. The van der Waals surface area contributed by atoms with Crippen LogP contribution in [-0.4, -0.2) is 62.4 Å². The molecular weight excluding hydrogens is 254 g/mol. The molecular formula is C15H21N3O2. The molecule has 0 aromatic heterocycles. The van der Waals surface area contributed by atoms with E-state index in [9.17, 15) is 9.59 Å². The van der Waals surface area contributed by atoms with E-state index in [-0.39, 0.29) is 24.9 Å². The number of amides is 2. The van der Waals surface area contributed by atoms with Gasteiger partial charge in [0.25, 0.3) is 0 Å². The molecule has 1 heterocycles. The molecule has 0 spiro atoms. The highest BCUT2D eigenvalue weighted by molar-refractivity contribution is 5.97. The van der Waals surface area contributed by atoms with Gasteiger partial charge < -0.3 is 9.80 Å². The molecule has 108 valence electrons. The second-order valence-electron chi connectivity index (χ2n) is 5.38. The highest BCUT2D eigenvalue weighted by atomic mass is 16.2. The molecule has 0 fully saturated rings. The van der Waals surface area contributed by atoms with Gasteiger partial charge in [-0.05, 0) is 25.1 Å². The maximum atomic E-state index is 12.3. The third-order valence-electron chi connectivity index (χ3n) is 3.50. The Hall–Kier alpha value is -1.88. The largest absolute Gasteiger partial charge is 0.348 e. The first-order chi connectivity index (χ1) is 9.49. The number of hydrogen-bond donors (Lipinski definition) is 0. The zero-order valence-corrected chi connectivity index (χ0v) is 12.3. The fourth-order valence-corrected chi connectivity index (χ4v) is 2.34. The maximum absolute atomic E-state index is 12.3. The van der Waals surface area contributed by atoms with E-state index in [1.165, 1.54) is 10.5 Å². The molecule has 0 radical (unpaired) electrons. The fraction of sp³-hybridized carbons (Fsp3) is 0.467.